The van der Waals surface area contributed by atoms with E-state index >= 15 is 0 Å². The summed E-state index contributed by atoms with van der Waals surface area (Å²) >= 11 is 1.42. The van der Waals surface area contributed by atoms with Crippen LogP contribution in [0.15, 0.2) is 53.9 Å². The number of thiazole rings is 1. The molecule has 0 fully saturated rings. The van der Waals surface area contributed by atoms with Gasteiger partial charge in [0, 0.05) is 29.6 Å². The number of unbranched alkanes of at least 4 members (excludes halogenated alkanes) is 2. The van der Waals surface area contributed by atoms with E-state index in [4.69, 9.17) is 4.74 Å². The van der Waals surface area contributed by atoms with Gasteiger partial charge in [-0.1, -0.05) is 45.7 Å². The highest BCUT2D eigenvalue weighted by Gasteiger charge is 2.30. The standard InChI is InChI=1S/C27H33F3N2OS/c1-4-7-17-32(18-8-5-2)25(6-3)33-23-15-11-20(12-16-23)24-19-34-26(31-24)21-9-13-22(14-10-21)27(28,29)30/h9-16,19,25H,4-8,17-18H2,1-3H3. The summed E-state index contributed by atoms with van der Waals surface area (Å²) in [6.45, 7) is 8.65. The Morgan fingerprint density at radius 3 is 2.00 bits per heavy atom. The highest BCUT2D eigenvalue weighted by molar-refractivity contribution is 7.13. The van der Waals surface area contributed by atoms with Crippen molar-refractivity contribution in [1.82, 2.24) is 9.88 Å². The van der Waals surface area contributed by atoms with Crippen LogP contribution in [0.2, 0.25) is 0 Å². The first-order chi connectivity index (χ1) is 16.4. The van der Waals surface area contributed by atoms with Crippen LogP contribution in [0, 0.1) is 0 Å². The molecular formula is C27H33F3N2OS. The zero-order valence-electron chi connectivity index (χ0n) is 20.1. The van der Waals surface area contributed by atoms with Gasteiger partial charge in [-0.2, -0.15) is 13.2 Å². The summed E-state index contributed by atoms with van der Waals surface area (Å²) in [5.41, 5.74) is 1.76. The molecule has 0 bridgehead atoms. The number of halogens is 3. The number of ether oxygens (including phenoxy) is 1. The summed E-state index contributed by atoms with van der Waals surface area (Å²) in [5.74, 6) is 0.826. The third kappa shape index (κ3) is 7.06. The van der Waals surface area contributed by atoms with Gasteiger partial charge in [0.25, 0.3) is 0 Å². The minimum atomic E-state index is -4.34. The van der Waals surface area contributed by atoms with Crippen molar-refractivity contribution in [3.63, 3.8) is 0 Å². The van der Waals surface area contributed by atoms with Crippen molar-refractivity contribution in [2.45, 2.75) is 65.3 Å². The third-order valence-electron chi connectivity index (χ3n) is 5.74. The van der Waals surface area contributed by atoms with E-state index in [1.54, 1.807) is 0 Å². The highest BCUT2D eigenvalue weighted by Crippen LogP contribution is 2.33. The molecule has 0 aliphatic heterocycles. The number of benzene rings is 2. The Balaban J connectivity index is 1.69. The van der Waals surface area contributed by atoms with E-state index in [1.807, 2.05) is 29.6 Å². The second-order valence-corrected chi connectivity index (χ2v) is 9.22. The molecule has 1 unspecified atom stereocenters. The van der Waals surface area contributed by atoms with Crippen LogP contribution in [0.4, 0.5) is 13.2 Å². The van der Waals surface area contributed by atoms with Crippen molar-refractivity contribution in [3.8, 4) is 27.6 Å². The Bertz CT molecular complexity index is 992. The lowest BCUT2D eigenvalue weighted by Crippen LogP contribution is -2.40. The van der Waals surface area contributed by atoms with Crippen LogP contribution in [-0.2, 0) is 6.18 Å². The summed E-state index contributed by atoms with van der Waals surface area (Å²) in [4.78, 5) is 7.08. The van der Waals surface area contributed by atoms with Crippen LogP contribution >= 0.6 is 11.3 Å². The van der Waals surface area contributed by atoms with Crippen LogP contribution in [0.1, 0.15) is 58.4 Å². The molecule has 3 rings (SSSR count). The van der Waals surface area contributed by atoms with E-state index in [-0.39, 0.29) is 6.23 Å². The second-order valence-electron chi connectivity index (χ2n) is 8.36. The fraction of sp³-hybridized carbons (Fsp3) is 0.444. The largest absolute Gasteiger partial charge is 0.475 e. The molecule has 0 amide bonds. The molecule has 3 aromatic rings. The van der Waals surface area contributed by atoms with Gasteiger partial charge < -0.3 is 4.74 Å². The molecule has 1 aromatic heterocycles. The number of rotatable bonds is 12. The van der Waals surface area contributed by atoms with E-state index in [2.05, 4.69) is 30.7 Å². The maximum atomic E-state index is 12.8. The molecule has 0 saturated carbocycles. The van der Waals surface area contributed by atoms with Gasteiger partial charge in [-0.15, -0.1) is 11.3 Å². The molecule has 0 radical (unpaired) electrons. The number of alkyl halides is 3. The second kappa shape index (κ2) is 12.4. The maximum absolute atomic E-state index is 12.8. The van der Waals surface area contributed by atoms with E-state index in [0.717, 1.165) is 74.3 Å². The first-order valence-electron chi connectivity index (χ1n) is 12.0. The van der Waals surface area contributed by atoms with Crippen molar-refractivity contribution >= 4 is 11.3 Å². The molecule has 3 nitrogen and oxygen atoms in total. The number of nitrogens with zero attached hydrogens (tertiary/aromatic N) is 2. The Hall–Kier alpha value is -2.38. The van der Waals surface area contributed by atoms with E-state index in [1.165, 1.54) is 23.5 Å². The van der Waals surface area contributed by atoms with Crippen LogP contribution in [0.25, 0.3) is 21.8 Å². The van der Waals surface area contributed by atoms with Crippen LogP contribution in [0.3, 0.4) is 0 Å². The molecule has 0 aliphatic rings. The zero-order valence-corrected chi connectivity index (χ0v) is 20.9. The highest BCUT2D eigenvalue weighted by atomic mass is 32.1. The molecule has 34 heavy (non-hydrogen) atoms. The monoisotopic (exact) mass is 490 g/mol. The molecule has 0 saturated heterocycles. The third-order valence-corrected chi connectivity index (χ3v) is 6.63. The minimum Gasteiger partial charge on any atom is -0.475 e. The quantitative estimate of drug-likeness (QED) is 0.238. The predicted molar refractivity (Wildman–Crippen MR) is 134 cm³/mol. The van der Waals surface area contributed by atoms with Crippen LogP contribution in [-0.4, -0.2) is 29.2 Å². The van der Waals surface area contributed by atoms with Gasteiger partial charge in [0.15, 0.2) is 6.23 Å². The summed E-state index contributed by atoms with van der Waals surface area (Å²) in [5, 5.41) is 2.62. The first-order valence-corrected chi connectivity index (χ1v) is 12.9. The predicted octanol–water partition coefficient (Wildman–Crippen LogP) is 8.51. The average Bonchev–Trinajstić information content (AvgIpc) is 3.33. The Kier molecular flexibility index (Phi) is 9.54. The Labute approximate surface area is 204 Å². The molecular weight excluding hydrogens is 457 g/mol. The molecule has 1 atom stereocenters. The number of aromatic nitrogens is 1. The molecule has 0 aliphatic carbocycles. The van der Waals surface area contributed by atoms with Gasteiger partial charge in [-0.25, -0.2) is 4.98 Å². The van der Waals surface area contributed by atoms with Gasteiger partial charge in [-0.05, 0) is 55.7 Å². The smallest absolute Gasteiger partial charge is 0.416 e. The summed E-state index contributed by atoms with van der Waals surface area (Å²) in [6.07, 6.45) is 1.27. The van der Waals surface area contributed by atoms with E-state index in [0.29, 0.717) is 10.6 Å². The van der Waals surface area contributed by atoms with Gasteiger partial charge in [0.1, 0.15) is 10.8 Å². The molecule has 7 heteroatoms. The van der Waals surface area contributed by atoms with Gasteiger partial charge >= 0.3 is 6.18 Å². The maximum Gasteiger partial charge on any atom is 0.416 e. The summed E-state index contributed by atoms with van der Waals surface area (Å²) in [6, 6.07) is 13.0. The molecule has 0 N–H and O–H groups in total. The molecule has 1 heterocycles. The van der Waals surface area contributed by atoms with Crippen molar-refractivity contribution in [2.24, 2.45) is 0 Å². The lowest BCUT2D eigenvalue weighted by Gasteiger charge is -2.31. The zero-order chi connectivity index (χ0) is 24.6. The lowest BCUT2D eigenvalue weighted by atomic mass is 10.1. The Morgan fingerprint density at radius 2 is 1.47 bits per heavy atom. The van der Waals surface area contributed by atoms with Gasteiger partial charge in [-0.3, -0.25) is 4.90 Å². The van der Waals surface area contributed by atoms with Crippen molar-refractivity contribution in [2.75, 3.05) is 13.1 Å². The van der Waals surface area contributed by atoms with Crippen molar-refractivity contribution < 1.29 is 17.9 Å². The summed E-state index contributed by atoms with van der Waals surface area (Å²) < 4.78 is 44.8. The lowest BCUT2D eigenvalue weighted by molar-refractivity contribution is -0.137. The fourth-order valence-electron chi connectivity index (χ4n) is 3.74. The van der Waals surface area contributed by atoms with Crippen molar-refractivity contribution in [1.29, 1.82) is 0 Å². The molecule has 0 spiro atoms. The molecule has 184 valence electrons. The first kappa shape index (κ1) is 26.2. The van der Waals surface area contributed by atoms with Crippen LogP contribution < -0.4 is 4.74 Å². The van der Waals surface area contributed by atoms with E-state index in [9.17, 15) is 13.2 Å². The van der Waals surface area contributed by atoms with E-state index < -0.39 is 11.7 Å². The normalized spacial score (nSPS) is 12.8. The topological polar surface area (TPSA) is 25.4 Å². The molecule has 2 aromatic carbocycles. The SMILES string of the molecule is CCCCN(CCCC)C(CC)Oc1ccc(-c2csc(-c3ccc(C(F)(F)F)cc3)n2)cc1. The van der Waals surface area contributed by atoms with Crippen LogP contribution in [0.5, 0.6) is 5.75 Å². The Morgan fingerprint density at radius 1 is 0.882 bits per heavy atom. The fourth-order valence-corrected chi connectivity index (χ4v) is 4.58. The average molecular weight is 491 g/mol. The van der Waals surface area contributed by atoms with Gasteiger partial charge in [0.05, 0.1) is 11.3 Å². The van der Waals surface area contributed by atoms with Gasteiger partial charge in [0.2, 0.25) is 0 Å². The summed E-state index contributed by atoms with van der Waals surface area (Å²) in [7, 11) is 0. The number of hydrogen-bond donors (Lipinski definition) is 0. The minimum absolute atomic E-state index is 0.0505. The number of hydrogen-bond acceptors (Lipinski definition) is 4. The van der Waals surface area contributed by atoms with Crippen molar-refractivity contribution in [3.05, 3.63) is 59.5 Å².